The van der Waals surface area contributed by atoms with E-state index in [2.05, 4.69) is 21.8 Å². The number of anilines is 1. The number of aromatic nitrogens is 2. The SMILES string of the molecule is CCC1CCCCN1C(=O)c1cc(N2CCOCC2)nc(C)n1. The Hall–Kier alpha value is -1.69. The second kappa shape index (κ2) is 7.25. The van der Waals surface area contributed by atoms with Gasteiger partial charge in [-0.15, -0.1) is 0 Å². The number of ether oxygens (including phenoxy) is 1. The molecule has 0 radical (unpaired) electrons. The standard InChI is InChI=1S/C17H26N4O2/c1-3-14-6-4-5-7-21(14)17(22)15-12-16(19-13(2)18-15)20-8-10-23-11-9-20/h12,14H,3-11H2,1-2H3. The summed E-state index contributed by atoms with van der Waals surface area (Å²) in [5.41, 5.74) is 0.527. The molecule has 2 aliphatic heterocycles. The molecule has 0 aromatic carbocycles. The number of likely N-dealkylation sites (tertiary alicyclic amines) is 1. The normalized spacial score (nSPS) is 22.3. The topological polar surface area (TPSA) is 58.6 Å². The van der Waals surface area contributed by atoms with Gasteiger partial charge in [-0.05, 0) is 32.6 Å². The van der Waals surface area contributed by atoms with Gasteiger partial charge in [0.25, 0.3) is 5.91 Å². The van der Waals surface area contributed by atoms with E-state index in [1.165, 1.54) is 6.42 Å². The smallest absolute Gasteiger partial charge is 0.272 e. The fraction of sp³-hybridized carbons (Fsp3) is 0.706. The maximum Gasteiger partial charge on any atom is 0.272 e. The van der Waals surface area contributed by atoms with Crippen molar-refractivity contribution in [2.75, 3.05) is 37.7 Å². The van der Waals surface area contributed by atoms with Crippen molar-refractivity contribution >= 4 is 11.7 Å². The summed E-state index contributed by atoms with van der Waals surface area (Å²) in [6.07, 6.45) is 4.40. The molecule has 6 nitrogen and oxygen atoms in total. The van der Waals surface area contributed by atoms with Crippen LogP contribution in [0.1, 0.15) is 48.9 Å². The van der Waals surface area contributed by atoms with Crippen molar-refractivity contribution in [1.29, 1.82) is 0 Å². The van der Waals surface area contributed by atoms with Crippen molar-refractivity contribution in [3.05, 3.63) is 17.6 Å². The van der Waals surface area contributed by atoms with Crippen LogP contribution in [0.3, 0.4) is 0 Å². The summed E-state index contributed by atoms with van der Waals surface area (Å²) in [6, 6.07) is 2.19. The largest absolute Gasteiger partial charge is 0.378 e. The number of hydrogen-bond acceptors (Lipinski definition) is 5. The van der Waals surface area contributed by atoms with Gasteiger partial charge in [0.15, 0.2) is 0 Å². The maximum atomic E-state index is 12.9. The molecule has 1 unspecified atom stereocenters. The van der Waals surface area contributed by atoms with Gasteiger partial charge in [0, 0.05) is 31.7 Å². The molecular formula is C17H26N4O2. The van der Waals surface area contributed by atoms with Crippen LogP contribution in [0.5, 0.6) is 0 Å². The van der Waals surface area contributed by atoms with E-state index in [0.717, 1.165) is 44.7 Å². The zero-order valence-electron chi connectivity index (χ0n) is 14.1. The average Bonchev–Trinajstić information content (AvgIpc) is 2.61. The van der Waals surface area contributed by atoms with Crippen LogP contribution in [0.25, 0.3) is 0 Å². The predicted molar refractivity (Wildman–Crippen MR) is 88.8 cm³/mol. The quantitative estimate of drug-likeness (QED) is 0.853. The van der Waals surface area contributed by atoms with Crippen LogP contribution < -0.4 is 4.90 Å². The predicted octanol–water partition coefficient (Wildman–Crippen LogP) is 2.03. The van der Waals surface area contributed by atoms with Crippen molar-refractivity contribution in [3.8, 4) is 0 Å². The van der Waals surface area contributed by atoms with Crippen molar-refractivity contribution in [3.63, 3.8) is 0 Å². The zero-order chi connectivity index (χ0) is 16.2. The van der Waals surface area contributed by atoms with E-state index in [9.17, 15) is 4.79 Å². The van der Waals surface area contributed by atoms with Gasteiger partial charge in [0.05, 0.1) is 13.2 Å². The molecule has 6 heteroatoms. The van der Waals surface area contributed by atoms with Crippen molar-refractivity contribution < 1.29 is 9.53 Å². The minimum atomic E-state index is 0.0524. The Morgan fingerprint density at radius 3 is 2.78 bits per heavy atom. The first-order valence-corrected chi connectivity index (χ1v) is 8.68. The summed E-state index contributed by atoms with van der Waals surface area (Å²) in [5.74, 6) is 1.55. The molecule has 1 amide bonds. The van der Waals surface area contributed by atoms with Gasteiger partial charge in [0.1, 0.15) is 17.3 Å². The first-order chi connectivity index (χ1) is 11.2. The molecule has 2 saturated heterocycles. The third-order valence-electron chi connectivity index (χ3n) is 4.74. The Balaban J connectivity index is 1.83. The highest BCUT2D eigenvalue weighted by Gasteiger charge is 2.28. The van der Waals surface area contributed by atoms with Crippen LogP contribution >= 0.6 is 0 Å². The summed E-state index contributed by atoms with van der Waals surface area (Å²) < 4.78 is 5.39. The van der Waals surface area contributed by atoms with Crippen molar-refractivity contribution in [2.45, 2.75) is 45.6 Å². The molecule has 0 spiro atoms. The lowest BCUT2D eigenvalue weighted by Gasteiger charge is -2.35. The van der Waals surface area contributed by atoms with E-state index in [-0.39, 0.29) is 5.91 Å². The molecule has 1 aromatic rings. The monoisotopic (exact) mass is 318 g/mol. The van der Waals surface area contributed by atoms with Gasteiger partial charge in [-0.25, -0.2) is 9.97 Å². The van der Waals surface area contributed by atoms with E-state index in [1.807, 2.05) is 17.9 Å². The molecular weight excluding hydrogens is 292 g/mol. The van der Waals surface area contributed by atoms with Crippen LogP contribution in [-0.4, -0.2) is 59.7 Å². The minimum Gasteiger partial charge on any atom is -0.378 e. The zero-order valence-corrected chi connectivity index (χ0v) is 14.1. The van der Waals surface area contributed by atoms with Gasteiger partial charge >= 0.3 is 0 Å². The summed E-state index contributed by atoms with van der Waals surface area (Å²) in [4.78, 5) is 26.1. The molecule has 0 saturated carbocycles. The van der Waals surface area contributed by atoms with Gasteiger partial charge < -0.3 is 14.5 Å². The van der Waals surface area contributed by atoms with Gasteiger partial charge in [-0.1, -0.05) is 6.92 Å². The van der Waals surface area contributed by atoms with Gasteiger partial charge in [0.2, 0.25) is 0 Å². The fourth-order valence-electron chi connectivity index (χ4n) is 3.46. The average molecular weight is 318 g/mol. The number of carbonyl (C=O) groups excluding carboxylic acids is 1. The highest BCUT2D eigenvalue weighted by Crippen LogP contribution is 2.22. The number of aryl methyl sites for hydroxylation is 1. The van der Waals surface area contributed by atoms with Crippen LogP contribution in [-0.2, 0) is 4.74 Å². The first-order valence-electron chi connectivity index (χ1n) is 8.68. The van der Waals surface area contributed by atoms with Crippen LogP contribution in [0, 0.1) is 6.92 Å². The summed E-state index contributed by atoms with van der Waals surface area (Å²) in [5, 5.41) is 0. The molecule has 126 valence electrons. The lowest BCUT2D eigenvalue weighted by atomic mass is 9.99. The Bertz CT molecular complexity index is 558. The summed E-state index contributed by atoms with van der Waals surface area (Å²) >= 11 is 0. The molecule has 0 bridgehead atoms. The number of rotatable bonds is 3. The Kier molecular flexibility index (Phi) is 5.10. The lowest BCUT2D eigenvalue weighted by molar-refractivity contribution is 0.0601. The van der Waals surface area contributed by atoms with Crippen molar-refractivity contribution in [2.24, 2.45) is 0 Å². The van der Waals surface area contributed by atoms with Crippen LogP contribution in [0.15, 0.2) is 6.07 Å². The van der Waals surface area contributed by atoms with Crippen molar-refractivity contribution in [1.82, 2.24) is 14.9 Å². The Labute approximate surface area is 137 Å². The number of carbonyl (C=O) groups is 1. The minimum absolute atomic E-state index is 0.0524. The van der Waals surface area contributed by atoms with Crippen LogP contribution in [0.2, 0.25) is 0 Å². The van der Waals surface area contributed by atoms with Crippen LogP contribution in [0.4, 0.5) is 5.82 Å². The number of amides is 1. The summed E-state index contributed by atoms with van der Waals surface area (Å²) in [6.45, 7) is 7.88. The number of piperidine rings is 1. The highest BCUT2D eigenvalue weighted by molar-refractivity contribution is 5.93. The molecule has 2 aliphatic rings. The fourth-order valence-corrected chi connectivity index (χ4v) is 3.46. The van der Waals surface area contributed by atoms with E-state index < -0.39 is 0 Å². The first kappa shape index (κ1) is 16.2. The van der Waals surface area contributed by atoms with Gasteiger partial charge in [-0.2, -0.15) is 0 Å². The second-order valence-corrected chi connectivity index (χ2v) is 6.31. The lowest BCUT2D eigenvalue weighted by Crippen LogP contribution is -2.44. The molecule has 1 aromatic heterocycles. The molecule has 0 N–H and O–H groups in total. The third-order valence-corrected chi connectivity index (χ3v) is 4.74. The van der Waals surface area contributed by atoms with E-state index in [4.69, 9.17) is 4.74 Å². The number of morpholine rings is 1. The van der Waals surface area contributed by atoms with E-state index in [0.29, 0.717) is 30.8 Å². The van der Waals surface area contributed by atoms with Gasteiger partial charge in [-0.3, -0.25) is 4.79 Å². The molecule has 23 heavy (non-hydrogen) atoms. The summed E-state index contributed by atoms with van der Waals surface area (Å²) in [7, 11) is 0. The number of nitrogens with zero attached hydrogens (tertiary/aromatic N) is 4. The third kappa shape index (κ3) is 3.63. The Morgan fingerprint density at radius 1 is 1.26 bits per heavy atom. The van der Waals surface area contributed by atoms with E-state index in [1.54, 1.807) is 0 Å². The molecule has 3 rings (SSSR count). The maximum absolute atomic E-state index is 12.9. The van der Waals surface area contributed by atoms with E-state index >= 15 is 0 Å². The second-order valence-electron chi connectivity index (χ2n) is 6.31. The molecule has 2 fully saturated rings. The highest BCUT2D eigenvalue weighted by atomic mass is 16.5. The molecule has 0 aliphatic carbocycles. The Morgan fingerprint density at radius 2 is 2.04 bits per heavy atom. The molecule has 1 atom stereocenters. The molecule has 3 heterocycles. The number of hydrogen-bond donors (Lipinski definition) is 0.